The van der Waals surface area contributed by atoms with Gasteiger partial charge >= 0.3 is 0 Å². The van der Waals surface area contributed by atoms with Crippen LogP contribution in [0.15, 0.2) is 23.1 Å². The number of anilines is 2. The normalized spacial score (nSPS) is 11.4. The van der Waals surface area contributed by atoms with Crippen molar-refractivity contribution in [3.8, 4) is 0 Å². The number of benzene rings is 1. The van der Waals surface area contributed by atoms with Crippen molar-refractivity contribution in [2.75, 3.05) is 11.5 Å². The number of nitrogens with two attached hydrogens (primary N) is 3. The summed E-state index contributed by atoms with van der Waals surface area (Å²) < 4.78 is 21.7. The zero-order valence-electron chi connectivity index (χ0n) is 6.19. The third-order valence-electron chi connectivity index (χ3n) is 1.41. The van der Waals surface area contributed by atoms with E-state index in [1.54, 1.807) is 0 Å². The summed E-state index contributed by atoms with van der Waals surface area (Å²) in [5, 5.41) is 4.86. The third kappa shape index (κ3) is 1.49. The Balaban J connectivity index is 3.47. The van der Waals surface area contributed by atoms with E-state index in [1.807, 2.05) is 0 Å². The van der Waals surface area contributed by atoms with E-state index >= 15 is 0 Å². The van der Waals surface area contributed by atoms with Gasteiger partial charge in [-0.05, 0) is 12.1 Å². The van der Waals surface area contributed by atoms with E-state index in [4.69, 9.17) is 16.6 Å². The molecule has 0 bridgehead atoms. The highest BCUT2D eigenvalue weighted by molar-refractivity contribution is 7.89. The van der Waals surface area contributed by atoms with Crippen LogP contribution >= 0.6 is 0 Å². The van der Waals surface area contributed by atoms with E-state index < -0.39 is 10.0 Å². The molecular weight excluding hydrogens is 178 g/mol. The fourth-order valence-electron chi connectivity index (χ4n) is 0.809. The van der Waals surface area contributed by atoms with Crippen molar-refractivity contribution in [2.24, 2.45) is 5.14 Å². The molecule has 0 atom stereocenters. The lowest BCUT2D eigenvalue weighted by atomic mass is 10.3. The molecule has 0 amide bonds. The molecule has 0 aliphatic rings. The Labute approximate surface area is 70.2 Å². The van der Waals surface area contributed by atoms with E-state index in [1.165, 1.54) is 18.2 Å². The van der Waals surface area contributed by atoms with Crippen molar-refractivity contribution in [1.82, 2.24) is 0 Å². The Morgan fingerprint density at radius 3 is 2.17 bits per heavy atom. The number of hydrogen-bond acceptors (Lipinski definition) is 4. The molecule has 1 aromatic rings. The number of hydrogen-bond donors (Lipinski definition) is 3. The minimum absolute atomic E-state index is 0.000000000000000222. The van der Waals surface area contributed by atoms with E-state index in [-0.39, 0.29) is 16.3 Å². The van der Waals surface area contributed by atoms with Crippen LogP contribution in [0.1, 0.15) is 0 Å². The smallest absolute Gasteiger partial charge is 0.240 e. The highest BCUT2D eigenvalue weighted by Gasteiger charge is 2.12. The second-order valence-electron chi connectivity index (χ2n) is 2.30. The first kappa shape index (κ1) is 8.82. The Hall–Kier alpha value is -1.27. The third-order valence-corrected chi connectivity index (χ3v) is 2.38. The molecule has 12 heavy (non-hydrogen) atoms. The summed E-state index contributed by atoms with van der Waals surface area (Å²) >= 11 is 0. The molecule has 0 radical (unpaired) electrons. The van der Waals surface area contributed by atoms with Gasteiger partial charge in [-0.2, -0.15) is 0 Å². The zero-order valence-corrected chi connectivity index (χ0v) is 7.01. The minimum Gasteiger partial charge on any atom is -0.397 e. The first-order chi connectivity index (χ1) is 5.43. The number of primary sulfonamides is 1. The largest absolute Gasteiger partial charge is 0.397 e. The van der Waals surface area contributed by atoms with Crippen molar-refractivity contribution < 1.29 is 8.42 Å². The molecule has 0 spiro atoms. The van der Waals surface area contributed by atoms with Crippen LogP contribution in [0.3, 0.4) is 0 Å². The lowest BCUT2D eigenvalue weighted by Gasteiger charge is -2.04. The number of sulfonamides is 1. The van der Waals surface area contributed by atoms with Crippen LogP contribution in [0.2, 0.25) is 0 Å². The fraction of sp³-hybridized carbons (Fsp3) is 0. The molecule has 1 rings (SSSR count). The number of nitrogen functional groups attached to an aromatic ring is 2. The second-order valence-corrected chi connectivity index (χ2v) is 3.83. The highest BCUT2D eigenvalue weighted by atomic mass is 32.2. The summed E-state index contributed by atoms with van der Waals surface area (Å²) in [6.07, 6.45) is 0. The van der Waals surface area contributed by atoms with Gasteiger partial charge in [0, 0.05) is 0 Å². The van der Waals surface area contributed by atoms with Gasteiger partial charge in [-0.3, -0.25) is 0 Å². The molecule has 66 valence electrons. The molecule has 0 aliphatic carbocycles. The standard InChI is InChI=1S/C6H9N3O2S/c7-4-2-1-3-5(6(4)8)12(9,10)11/h1-3H,7-8H2,(H2,9,10,11). The lowest BCUT2D eigenvalue weighted by molar-refractivity contribution is 0.598. The lowest BCUT2D eigenvalue weighted by Crippen LogP contribution is -2.15. The summed E-state index contributed by atoms with van der Waals surface area (Å²) in [4.78, 5) is -0.137. The Morgan fingerprint density at radius 2 is 1.75 bits per heavy atom. The molecule has 6 N–H and O–H groups in total. The number of rotatable bonds is 1. The van der Waals surface area contributed by atoms with Crippen LogP contribution in [0, 0.1) is 0 Å². The Morgan fingerprint density at radius 1 is 1.17 bits per heavy atom. The van der Waals surface area contributed by atoms with Crippen molar-refractivity contribution in [3.63, 3.8) is 0 Å². The van der Waals surface area contributed by atoms with Gasteiger partial charge in [-0.25, -0.2) is 13.6 Å². The van der Waals surface area contributed by atoms with Crippen LogP contribution in [-0.4, -0.2) is 8.42 Å². The van der Waals surface area contributed by atoms with Gasteiger partial charge in [-0.15, -0.1) is 0 Å². The molecule has 0 heterocycles. The molecule has 6 heteroatoms. The average molecular weight is 187 g/mol. The van der Waals surface area contributed by atoms with Crippen LogP contribution in [-0.2, 0) is 10.0 Å². The maximum Gasteiger partial charge on any atom is 0.240 e. The van der Waals surface area contributed by atoms with Gasteiger partial charge in [0.2, 0.25) is 10.0 Å². The van der Waals surface area contributed by atoms with Crippen LogP contribution < -0.4 is 16.6 Å². The maximum absolute atomic E-state index is 10.8. The predicted molar refractivity (Wildman–Crippen MR) is 46.6 cm³/mol. The van der Waals surface area contributed by atoms with E-state index in [2.05, 4.69) is 0 Å². The van der Waals surface area contributed by atoms with Gasteiger partial charge < -0.3 is 11.5 Å². The van der Waals surface area contributed by atoms with E-state index in [0.717, 1.165) is 0 Å². The van der Waals surface area contributed by atoms with Crippen molar-refractivity contribution >= 4 is 21.4 Å². The summed E-state index contributed by atoms with van der Waals surface area (Å²) in [6, 6.07) is 4.29. The summed E-state index contributed by atoms with van der Waals surface area (Å²) in [6.45, 7) is 0. The topological polar surface area (TPSA) is 112 Å². The summed E-state index contributed by atoms with van der Waals surface area (Å²) in [5.41, 5.74) is 11.0. The average Bonchev–Trinajstić information content (AvgIpc) is 1.92. The molecule has 5 nitrogen and oxygen atoms in total. The predicted octanol–water partition coefficient (Wildman–Crippen LogP) is -0.502. The molecule has 0 saturated carbocycles. The van der Waals surface area contributed by atoms with Gasteiger partial charge in [0.15, 0.2) is 0 Å². The minimum atomic E-state index is -3.76. The van der Waals surface area contributed by atoms with Crippen molar-refractivity contribution in [1.29, 1.82) is 0 Å². The van der Waals surface area contributed by atoms with Crippen molar-refractivity contribution in [2.45, 2.75) is 4.90 Å². The molecular formula is C6H9N3O2S. The van der Waals surface area contributed by atoms with Crippen LogP contribution in [0.5, 0.6) is 0 Å². The second kappa shape index (κ2) is 2.65. The first-order valence-electron chi connectivity index (χ1n) is 3.09. The van der Waals surface area contributed by atoms with Gasteiger partial charge in [-0.1, -0.05) is 6.07 Å². The summed E-state index contributed by atoms with van der Waals surface area (Å²) in [7, 11) is -3.76. The summed E-state index contributed by atoms with van der Waals surface area (Å²) in [5.74, 6) is 0. The number of para-hydroxylation sites is 1. The van der Waals surface area contributed by atoms with Crippen LogP contribution in [0.25, 0.3) is 0 Å². The van der Waals surface area contributed by atoms with Crippen molar-refractivity contribution in [3.05, 3.63) is 18.2 Å². The van der Waals surface area contributed by atoms with Gasteiger partial charge in [0.1, 0.15) is 4.90 Å². The molecule has 0 fully saturated rings. The maximum atomic E-state index is 10.8. The molecule has 0 saturated heterocycles. The molecule has 0 aromatic heterocycles. The Bertz CT molecular complexity index is 399. The SMILES string of the molecule is Nc1cccc(S(N)(=O)=O)c1N. The Kier molecular flexibility index (Phi) is 1.95. The molecule has 0 aliphatic heterocycles. The van der Waals surface area contributed by atoms with Crippen LogP contribution in [0.4, 0.5) is 11.4 Å². The fourth-order valence-corrected chi connectivity index (χ4v) is 1.50. The van der Waals surface area contributed by atoms with Gasteiger partial charge in [0.25, 0.3) is 0 Å². The zero-order chi connectivity index (χ0) is 9.35. The first-order valence-corrected chi connectivity index (χ1v) is 4.64. The molecule has 0 unspecified atom stereocenters. The monoisotopic (exact) mass is 187 g/mol. The van der Waals surface area contributed by atoms with E-state index in [0.29, 0.717) is 0 Å². The molecule has 1 aromatic carbocycles. The highest BCUT2D eigenvalue weighted by Crippen LogP contribution is 2.22. The van der Waals surface area contributed by atoms with E-state index in [9.17, 15) is 8.42 Å². The van der Waals surface area contributed by atoms with Gasteiger partial charge in [0.05, 0.1) is 11.4 Å². The quantitative estimate of drug-likeness (QED) is 0.514.